The number of nitrogens with one attached hydrogen (secondary N) is 1. The molecule has 0 spiro atoms. The molecule has 6 nitrogen and oxygen atoms in total. The van der Waals surface area contributed by atoms with Crippen LogP contribution in [-0.2, 0) is 7.05 Å². The number of benzene rings is 1. The highest BCUT2D eigenvalue weighted by Crippen LogP contribution is 2.30. The lowest BCUT2D eigenvalue weighted by atomic mass is 10.1. The van der Waals surface area contributed by atoms with E-state index in [0.29, 0.717) is 5.56 Å². The number of nitrogens with zero attached hydrogens (tertiary/aromatic N) is 3. The lowest BCUT2D eigenvalue weighted by Gasteiger charge is -2.15. The van der Waals surface area contributed by atoms with Gasteiger partial charge in [0.25, 0.3) is 0 Å². The van der Waals surface area contributed by atoms with Crippen molar-refractivity contribution < 1.29 is 13.7 Å². The van der Waals surface area contributed by atoms with Crippen LogP contribution in [0.3, 0.4) is 0 Å². The number of aryl methyl sites for hydroxylation is 2. The summed E-state index contributed by atoms with van der Waals surface area (Å²) in [7, 11) is 1.57. The molecule has 0 unspecified atom stereocenters. The second-order valence-electron chi connectivity index (χ2n) is 4.70. The van der Waals surface area contributed by atoms with Gasteiger partial charge < -0.3 is 5.32 Å². The third-order valence-electron chi connectivity index (χ3n) is 3.17. The fourth-order valence-electron chi connectivity index (χ4n) is 2.10. The molecule has 1 heterocycles. The lowest BCUT2D eigenvalue weighted by Crippen LogP contribution is -2.11. The van der Waals surface area contributed by atoms with Crippen LogP contribution in [0.2, 0.25) is 0 Å². The second-order valence-corrected chi connectivity index (χ2v) is 4.70. The Bertz CT molecular complexity index is 700. The van der Waals surface area contributed by atoms with Gasteiger partial charge in [-0.05, 0) is 31.5 Å². The Labute approximate surface area is 119 Å². The fraction of sp³-hybridized carbons (Fsp3) is 0.308. The second kappa shape index (κ2) is 5.47. The van der Waals surface area contributed by atoms with Crippen LogP contribution in [0.15, 0.2) is 18.2 Å². The first-order valence-electron chi connectivity index (χ1n) is 6.20. The van der Waals surface area contributed by atoms with E-state index in [2.05, 4.69) is 10.4 Å². The predicted octanol–water partition coefficient (Wildman–Crippen LogP) is 3.09. The molecule has 0 aliphatic heterocycles. The van der Waals surface area contributed by atoms with E-state index in [9.17, 15) is 18.9 Å². The minimum Gasteiger partial charge on any atom is -0.358 e. The number of hydrogen-bond acceptors (Lipinski definition) is 4. The summed E-state index contributed by atoms with van der Waals surface area (Å²) in [6.07, 6.45) is 0. The molecule has 0 saturated carbocycles. The van der Waals surface area contributed by atoms with Gasteiger partial charge in [0, 0.05) is 7.05 Å². The van der Waals surface area contributed by atoms with Crippen molar-refractivity contribution in [2.45, 2.75) is 19.9 Å². The predicted molar refractivity (Wildman–Crippen MR) is 73.0 cm³/mol. The number of hydrogen-bond donors (Lipinski definition) is 1. The van der Waals surface area contributed by atoms with Gasteiger partial charge in [0.1, 0.15) is 5.69 Å². The lowest BCUT2D eigenvalue weighted by molar-refractivity contribution is -0.384. The molecule has 1 aromatic heterocycles. The Hall–Kier alpha value is -2.51. The van der Waals surface area contributed by atoms with Crippen LogP contribution in [-0.4, -0.2) is 14.7 Å². The summed E-state index contributed by atoms with van der Waals surface area (Å²) in [6.45, 7) is 3.23. The molecule has 2 aromatic rings. The first-order chi connectivity index (χ1) is 9.81. The van der Waals surface area contributed by atoms with E-state index < -0.39 is 22.6 Å². The Morgan fingerprint density at radius 2 is 2.05 bits per heavy atom. The van der Waals surface area contributed by atoms with Crippen LogP contribution in [0.4, 0.5) is 20.3 Å². The summed E-state index contributed by atoms with van der Waals surface area (Å²) in [5.41, 5.74) is 0.622. The van der Waals surface area contributed by atoms with Crippen molar-refractivity contribution in [1.29, 1.82) is 0 Å². The van der Waals surface area contributed by atoms with Crippen molar-refractivity contribution in [2.75, 3.05) is 5.32 Å². The average Bonchev–Trinajstić information content (AvgIpc) is 2.67. The van der Waals surface area contributed by atoms with Crippen molar-refractivity contribution >= 4 is 11.5 Å². The quantitative estimate of drug-likeness (QED) is 0.695. The van der Waals surface area contributed by atoms with Crippen LogP contribution in [0.25, 0.3) is 0 Å². The molecule has 0 aliphatic rings. The highest BCUT2D eigenvalue weighted by molar-refractivity contribution is 5.60. The summed E-state index contributed by atoms with van der Waals surface area (Å²) < 4.78 is 27.5. The van der Waals surface area contributed by atoms with Crippen LogP contribution < -0.4 is 5.32 Å². The largest absolute Gasteiger partial charge is 0.358 e. The number of nitro groups is 1. The summed E-state index contributed by atoms with van der Waals surface area (Å²) in [5, 5.41) is 18.0. The van der Waals surface area contributed by atoms with Crippen molar-refractivity contribution in [3.63, 3.8) is 0 Å². The molecule has 1 N–H and O–H groups in total. The number of anilines is 1. The summed E-state index contributed by atoms with van der Waals surface area (Å²) >= 11 is 0. The third-order valence-corrected chi connectivity index (χ3v) is 3.17. The van der Waals surface area contributed by atoms with Crippen molar-refractivity contribution in [3.05, 3.63) is 51.2 Å². The van der Waals surface area contributed by atoms with Crippen LogP contribution >= 0.6 is 0 Å². The molecule has 1 atom stereocenters. The maximum absolute atomic E-state index is 13.2. The van der Waals surface area contributed by atoms with E-state index in [1.165, 1.54) is 17.7 Å². The van der Waals surface area contributed by atoms with Gasteiger partial charge in [-0.1, -0.05) is 6.07 Å². The van der Waals surface area contributed by atoms with Gasteiger partial charge in [0.2, 0.25) is 5.82 Å². The topological polar surface area (TPSA) is 73.0 Å². The van der Waals surface area contributed by atoms with Gasteiger partial charge in [-0.15, -0.1) is 0 Å². The SMILES string of the molecule is Cc1nn(C)c(N[C@@H](C)c2ccc(F)c(F)c2)c1[N+](=O)[O-]. The monoisotopic (exact) mass is 296 g/mol. The molecule has 8 heteroatoms. The highest BCUT2D eigenvalue weighted by Gasteiger charge is 2.25. The molecular formula is C13H14F2N4O2. The maximum atomic E-state index is 13.2. The van der Waals surface area contributed by atoms with Crippen molar-refractivity contribution in [2.24, 2.45) is 7.05 Å². The number of halogens is 2. The van der Waals surface area contributed by atoms with Gasteiger partial charge in [0.15, 0.2) is 11.6 Å². The maximum Gasteiger partial charge on any atom is 0.333 e. The number of aromatic nitrogens is 2. The van der Waals surface area contributed by atoms with E-state index in [1.807, 2.05) is 0 Å². The van der Waals surface area contributed by atoms with Crippen LogP contribution in [0, 0.1) is 28.7 Å². The van der Waals surface area contributed by atoms with Crippen LogP contribution in [0.5, 0.6) is 0 Å². The molecule has 1 aromatic carbocycles. The summed E-state index contributed by atoms with van der Waals surface area (Å²) in [4.78, 5) is 10.6. The molecule has 0 aliphatic carbocycles. The molecule has 2 rings (SSSR count). The molecule has 21 heavy (non-hydrogen) atoms. The third kappa shape index (κ3) is 2.83. The van der Waals surface area contributed by atoms with Gasteiger partial charge in [-0.3, -0.25) is 10.1 Å². The van der Waals surface area contributed by atoms with Gasteiger partial charge >= 0.3 is 5.69 Å². The Kier molecular flexibility index (Phi) is 3.88. The van der Waals surface area contributed by atoms with E-state index in [-0.39, 0.29) is 17.2 Å². The van der Waals surface area contributed by atoms with Crippen molar-refractivity contribution in [1.82, 2.24) is 9.78 Å². The normalized spacial score (nSPS) is 12.2. The van der Waals surface area contributed by atoms with E-state index >= 15 is 0 Å². The zero-order valence-electron chi connectivity index (χ0n) is 11.7. The van der Waals surface area contributed by atoms with Gasteiger partial charge in [0.05, 0.1) is 11.0 Å². The molecule has 0 fully saturated rings. The Balaban J connectivity index is 2.33. The van der Waals surface area contributed by atoms with E-state index in [0.717, 1.165) is 12.1 Å². The average molecular weight is 296 g/mol. The minimum absolute atomic E-state index is 0.132. The number of rotatable bonds is 4. The molecule has 0 saturated heterocycles. The zero-order chi connectivity index (χ0) is 15.7. The molecule has 0 radical (unpaired) electrons. The molecule has 0 bridgehead atoms. The van der Waals surface area contributed by atoms with Gasteiger partial charge in [-0.25, -0.2) is 13.5 Å². The summed E-state index contributed by atoms with van der Waals surface area (Å²) in [6, 6.07) is 3.05. The Morgan fingerprint density at radius 1 is 1.38 bits per heavy atom. The molecular weight excluding hydrogens is 282 g/mol. The Morgan fingerprint density at radius 3 is 2.62 bits per heavy atom. The van der Waals surface area contributed by atoms with Gasteiger partial charge in [-0.2, -0.15) is 5.10 Å². The van der Waals surface area contributed by atoms with E-state index in [4.69, 9.17) is 0 Å². The smallest absolute Gasteiger partial charge is 0.333 e. The standard InChI is InChI=1S/C13H14F2N4O2/c1-7(9-4-5-10(14)11(15)6-9)16-13-12(19(20)21)8(2)17-18(13)3/h4-7,16H,1-3H3/t7-/m0/s1. The van der Waals surface area contributed by atoms with Crippen LogP contribution in [0.1, 0.15) is 24.2 Å². The minimum atomic E-state index is -0.961. The first-order valence-corrected chi connectivity index (χ1v) is 6.20. The summed E-state index contributed by atoms with van der Waals surface area (Å²) in [5.74, 6) is -1.68. The zero-order valence-corrected chi connectivity index (χ0v) is 11.7. The first kappa shape index (κ1) is 14.9. The molecule has 0 amide bonds. The highest BCUT2D eigenvalue weighted by atomic mass is 19.2. The molecule has 112 valence electrons. The van der Waals surface area contributed by atoms with Crippen molar-refractivity contribution in [3.8, 4) is 0 Å². The van der Waals surface area contributed by atoms with E-state index in [1.54, 1.807) is 14.0 Å². The fourth-order valence-corrected chi connectivity index (χ4v) is 2.10.